The molecule has 5 rings (SSSR count). The Bertz CT molecular complexity index is 1700. The molecule has 0 bridgehead atoms. The molecule has 0 atom stereocenters. The molecule has 5 aromatic rings. The zero-order valence-electron chi connectivity index (χ0n) is 18.1. The first-order chi connectivity index (χ1) is 16.7. The maximum Gasteiger partial charge on any atom is 0.413 e. The normalized spacial score (nSPS) is 11.3. The van der Waals surface area contributed by atoms with E-state index in [1.807, 2.05) is 0 Å². The second-order valence-electron chi connectivity index (χ2n) is 7.94. The monoisotopic (exact) mass is 479 g/mol. The standard InChI is InChI=1S/C24H16F3N5O3/c1-32(24(34)35)23-28-19-5-3-12(8-21(19)29-23)13-6-11(2-4-16(13)25)7-20-14-9-17(26)18(27)10-15(14)22(33)31-30-20/h2-6,8-10H,7H2,1H3,(H,28,29)(H,31,33)(H,34,35). The molecule has 2 heterocycles. The largest absolute Gasteiger partial charge is 0.465 e. The molecule has 0 radical (unpaired) electrons. The van der Waals surface area contributed by atoms with Gasteiger partial charge in [0.25, 0.3) is 5.56 Å². The molecular formula is C24H16F3N5O3. The number of hydrogen-bond donors (Lipinski definition) is 3. The van der Waals surface area contributed by atoms with E-state index in [0.29, 0.717) is 27.9 Å². The van der Waals surface area contributed by atoms with Gasteiger partial charge in [-0.25, -0.2) is 28.0 Å². The molecule has 0 unspecified atom stereocenters. The maximum absolute atomic E-state index is 14.8. The average Bonchev–Trinajstić information content (AvgIpc) is 3.26. The number of benzene rings is 3. The third kappa shape index (κ3) is 3.97. The Kier molecular flexibility index (Phi) is 5.24. The zero-order valence-corrected chi connectivity index (χ0v) is 18.1. The van der Waals surface area contributed by atoms with E-state index in [4.69, 9.17) is 5.11 Å². The summed E-state index contributed by atoms with van der Waals surface area (Å²) in [5, 5.41) is 15.5. The van der Waals surface area contributed by atoms with Crippen LogP contribution in [0.1, 0.15) is 11.3 Å². The first-order valence-electron chi connectivity index (χ1n) is 10.3. The van der Waals surface area contributed by atoms with E-state index in [1.165, 1.54) is 19.2 Å². The van der Waals surface area contributed by atoms with Crippen LogP contribution in [0.2, 0.25) is 0 Å². The molecule has 0 aliphatic carbocycles. The minimum absolute atomic E-state index is 0.0388. The fraction of sp³-hybridized carbons (Fsp3) is 0.0833. The van der Waals surface area contributed by atoms with Gasteiger partial charge in [0.05, 0.1) is 22.1 Å². The molecule has 2 aromatic heterocycles. The maximum atomic E-state index is 14.8. The molecule has 3 aromatic carbocycles. The van der Waals surface area contributed by atoms with Crippen molar-refractivity contribution >= 4 is 33.8 Å². The van der Waals surface area contributed by atoms with Crippen LogP contribution in [-0.2, 0) is 6.42 Å². The summed E-state index contributed by atoms with van der Waals surface area (Å²) in [6, 6.07) is 11.1. The summed E-state index contributed by atoms with van der Waals surface area (Å²) in [5.41, 5.74) is 2.05. The molecule has 0 spiro atoms. The van der Waals surface area contributed by atoms with Crippen molar-refractivity contribution in [1.82, 2.24) is 20.2 Å². The van der Waals surface area contributed by atoms with Crippen LogP contribution in [0.25, 0.3) is 32.9 Å². The average molecular weight is 479 g/mol. The summed E-state index contributed by atoms with van der Waals surface area (Å²) in [6.45, 7) is 0. The molecule has 0 aliphatic heterocycles. The number of halogens is 3. The van der Waals surface area contributed by atoms with Crippen molar-refractivity contribution in [3.05, 3.63) is 87.6 Å². The van der Waals surface area contributed by atoms with Crippen LogP contribution in [0, 0.1) is 17.5 Å². The first-order valence-corrected chi connectivity index (χ1v) is 10.3. The second-order valence-corrected chi connectivity index (χ2v) is 7.94. The summed E-state index contributed by atoms with van der Waals surface area (Å²) in [6.07, 6.45) is -1.07. The number of hydrogen-bond acceptors (Lipinski definition) is 4. The molecule has 0 fully saturated rings. The Labute approximate surface area is 194 Å². The lowest BCUT2D eigenvalue weighted by Gasteiger charge is -2.09. The fourth-order valence-electron chi connectivity index (χ4n) is 3.86. The van der Waals surface area contributed by atoms with E-state index in [-0.39, 0.29) is 28.7 Å². The Morgan fingerprint density at radius 3 is 2.49 bits per heavy atom. The van der Waals surface area contributed by atoms with Gasteiger partial charge < -0.3 is 10.1 Å². The number of fused-ring (bicyclic) bond motifs is 2. The number of carboxylic acid groups (broad SMARTS) is 1. The van der Waals surface area contributed by atoms with E-state index >= 15 is 0 Å². The van der Waals surface area contributed by atoms with Crippen LogP contribution in [0.4, 0.5) is 23.9 Å². The Morgan fingerprint density at radius 1 is 1.00 bits per heavy atom. The minimum atomic E-state index is -1.19. The number of amides is 1. The molecule has 3 N–H and O–H groups in total. The van der Waals surface area contributed by atoms with Gasteiger partial charge in [-0.1, -0.05) is 12.1 Å². The number of rotatable bonds is 4. The van der Waals surface area contributed by atoms with Gasteiger partial charge in [-0.15, -0.1) is 0 Å². The van der Waals surface area contributed by atoms with E-state index in [2.05, 4.69) is 20.2 Å². The van der Waals surface area contributed by atoms with Gasteiger partial charge in [0, 0.05) is 24.4 Å². The molecule has 35 heavy (non-hydrogen) atoms. The third-order valence-electron chi connectivity index (χ3n) is 5.70. The van der Waals surface area contributed by atoms with Crippen LogP contribution in [0.15, 0.2) is 53.3 Å². The van der Waals surface area contributed by atoms with E-state index in [9.17, 15) is 22.8 Å². The highest BCUT2D eigenvalue weighted by molar-refractivity contribution is 5.89. The van der Waals surface area contributed by atoms with Gasteiger partial charge in [-0.2, -0.15) is 5.10 Å². The van der Waals surface area contributed by atoms with Crippen LogP contribution in [0.3, 0.4) is 0 Å². The minimum Gasteiger partial charge on any atom is -0.465 e. The van der Waals surface area contributed by atoms with Gasteiger partial charge in [0.2, 0.25) is 5.95 Å². The zero-order chi connectivity index (χ0) is 24.9. The molecule has 0 saturated carbocycles. The molecule has 0 aliphatic rings. The van der Waals surface area contributed by atoms with Gasteiger partial charge in [0.1, 0.15) is 5.82 Å². The highest BCUT2D eigenvalue weighted by Crippen LogP contribution is 2.29. The lowest BCUT2D eigenvalue weighted by Crippen LogP contribution is -2.24. The Hall–Kier alpha value is -4.67. The van der Waals surface area contributed by atoms with Crippen molar-refractivity contribution in [1.29, 1.82) is 0 Å². The van der Waals surface area contributed by atoms with Crippen molar-refractivity contribution in [2.45, 2.75) is 6.42 Å². The molecule has 0 saturated heterocycles. The molecular weight excluding hydrogens is 463 g/mol. The van der Waals surface area contributed by atoms with Crippen molar-refractivity contribution in [2.75, 3.05) is 11.9 Å². The summed E-state index contributed by atoms with van der Waals surface area (Å²) in [5.74, 6) is -2.62. The second kappa shape index (κ2) is 8.28. The van der Waals surface area contributed by atoms with Crippen LogP contribution >= 0.6 is 0 Å². The molecule has 8 nitrogen and oxygen atoms in total. The van der Waals surface area contributed by atoms with Crippen molar-refractivity contribution in [3.63, 3.8) is 0 Å². The number of imidazole rings is 1. The third-order valence-corrected chi connectivity index (χ3v) is 5.70. The SMILES string of the molecule is CN(C(=O)O)c1nc2ccc(-c3cc(Cc4n[nH]c(=O)c5cc(F)c(F)cc45)ccc3F)cc2[nH]1. The summed E-state index contributed by atoms with van der Waals surface area (Å²) < 4.78 is 42.3. The number of nitrogens with one attached hydrogen (secondary N) is 2. The molecule has 176 valence electrons. The van der Waals surface area contributed by atoms with Gasteiger partial charge in [-0.3, -0.25) is 9.69 Å². The lowest BCUT2D eigenvalue weighted by atomic mass is 9.98. The number of H-pyrrole nitrogens is 2. The highest BCUT2D eigenvalue weighted by Gasteiger charge is 2.16. The van der Waals surface area contributed by atoms with Crippen LogP contribution in [-0.4, -0.2) is 38.4 Å². The topological polar surface area (TPSA) is 115 Å². The van der Waals surface area contributed by atoms with Gasteiger partial charge in [-0.05, 0) is 47.5 Å². The quantitative estimate of drug-likeness (QED) is 0.349. The van der Waals surface area contributed by atoms with Crippen LogP contribution < -0.4 is 10.5 Å². The fourth-order valence-corrected chi connectivity index (χ4v) is 3.86. The van der Waals surface area contributed by atoms with Gasteiger partial charge >= 0.3 is 6.09 Å². The van der Waals surface area contributed by atoms with Gasteiger partial charge in [0.15, 0.2) is 11.6 Å². The lowest BCUT2D eigenvalue weighted by molar-refractivity contribution is 0.203. The predicted molar refractivity (Wildman–Crippen MR) is 123 cm³/mol. The van der Waals surface area contributed by atoms with Crippen LogP contribution in [0.5, 0.6) is 0 Å². The highest BCUT2D eigenvalue weighted by atomic mass is 19.2. The smallest absolute Gasteiger partial charge is 0.413 e. The Morgan fingerprint density at radius 2 is 1.74 bits per heavy atom. The Balaban J connectivity index is 1.54. The number of carbonyl (C=O) groups is 1. The summed E-state index contributed by atoms with van der Waals surface area (Å²) in [7, 11) is 1.35. The van der Waals surface area contributed by atoms with E-state index < -0.39 is 29.1 Å². The molecule has 11 heteroatoms. The predicted octanol–water partition coefficient (Wildman–Crippen LogP) is 4.59. The van der Waals surface area contributed by atoms with Crippen molar-refractivity contribution in [2.24, 2.45) is 0 Å². The summed E-state index contributed by atoms with van der Waals surface area (Å²) >= 11 is 0. The number of anilines is 1. The van der Waals surface area contributed by atoms with E-state index in [1.54, 1.807) is 24.3 Å². The number of aromatic nitrogens is 4. The van der Waals surface area contributed by atoms with Crippen molar-refractivity contribution in [3.8, 4) is 11.1 Å². The molecule has 1 amide bonds. The first kappa shape index (κ1) is 22.1. The summed E-state index contributed by atoms with van der Waals surface area (Å²) in [4.78, 5) is 31.2. The number of nitrogens with zero attached hydrogens (tertiary/aromatic N) is 3. The van der Waals surface area contributed by atoms with E-state index in [0.717, 1.165) is 17.0 Å². The number of aromatic amines is 2. The van der Waals surface area contributed by atoms with Crippen molar-refractivity contribution < 1.29 is 23.1 Å².